The average Bonchev–Trinajstić information content (AvgIpc) is 3.65. The van der Waals surface area contributed by atoms with E-state index in [1.54, 1.807) is 0 Å². The van der Waals surface area contributed by atoms with Gasteiger partial charge in [0.15, 0.2) is 0 Å². The standard InChI is InChI=1S/C26H48INO3.C9H17.U/c1-10-12-13-14-15-31-25(29)24(19(5)30-11-2)21-16-26(7,8)17-22(23(21)18(3)4)28-20(6)27-9;1-3-5-6-9-7-8(9)4-2;/h18-20,25,28-29H,2,10-17H2,1,3-9H3;8-9H,2-7H2,1H3;/q-2;-1;+2/b24-21+;;/t19?,20-,25?;;/m1../s1. The van der Waals surface area contributed by atoms with Gasteiger partial charge in [-0.15, -0.1) is 0 Å². The zero-order valence-electron chi connectivity index (χ0n) is 28.2. The first-order chi connectivity index (χ1) is 19.0. The van der Waals surface area contributed by atoms with Gasteiger partial charge in [-0.2, -0.15) is 6.42 Å². The van der Waals surface area contributed by atoms with Crippen molar-refractivity contribution in [3.63, 3.8) is 0 Å². The zero-order valence-corrected chi connectivity index (χ0v) is 34.5. The van der Waals surface area contributed by atoms with E-state index in [4.69, 9.17) is 9.47 Å². The SMILES string of the molecule is [CH2-]CC1CC1CCCC.[CH2-]COC(C)/C(=C1/CC(C)(C)CC(N[C@H](C)[I-]C)=C1C(C)C)C(O)OCCCCCC.[U+2]. The third-order valence-corrected chi connectivity index (χ3v) is 10.5. The van der Waals surface area contributed by atoms with Gasteiger partial charge in [-0.1, -0.05) is 45.4 Å². The van der Waals surface area contributed by atoms with Crippen LogP contribution in [0.25, 0.3) is 0 Å². The van der Waals surface area contributed by atoms with Crippen molar-refractivity contribution in [3.05, 3.63) is 36.3 Å². The molecule has 4 nitrogen and oxygen atoms in total. The van der Waals surface area contributed by atoms with Crippen molar-refractivity contribution in [2.75, 3.05) is 18.1 Å². The number of aliphatic hydroxyl groups excluding tert-OH is 1. The summed E-state index contributed by atoms with van der Waals surface area (Å²) in [5, 5.41) is 15.0. The summed E-state index contributed by atoms with van der Waals surface area (Å²) in [7, 11) is 0. The minimum Gasteiger partial charge on any atom is -0.0654 e. The normalized spacial score (nSPS) is 23.3. The Morgan fingerprint density at radius 3 is 2.17 bits per heavy atom. The Morgan fingerprint density at radius 1 is 1.00 bits per heavy atom. The number of halogens is 1. The number of unbranched alkanes of at least 4 members (excludes halogenated alkanes) is 4. The van der Waals surface area contributed by atoms with E-state index in [9.17, 15) is 5.11 Å². The number of nitrogens with one attached hydrogen (secondary N) is 1. The summed E-state index contributed by atoms with van der Waals surface area (Å²) >= 11 is 0.103. The minimum absolute atomic E-state index is 0. The van der Waals surface area contributed by atoms with Crippen LogP contribution in [0, 0.1) is 68.1 Å². The molecule has 0 bridgehead atoms. The van der Waals surface area contributed by atoms with Crippen LogP contribution in [0.1, 0.15) is 126 Å². The Hall–Kier alpha value is 0.942. The second kappa shape index (κ2) is 22.4. The second-order valence-electron chi connectivity index (χ2n) is 13.0. The van der Waals surface area contributed by atoms with Crippen LogP contribution in [0.15, 0.2) is 22.4 Å². The van der Waals surface area contributed by atoms with Gasteiger partial charge in [-0.25, -0.2) is 0 Å². The number of allylic oxidation sites excluding steroid dienone is 3. The predicted octanol–water partition coefficient (Wildman–Crippen LogP) is 5.86. The van der Waals surface area contributed by atoms with Crippen molar-refractivity contribution in [1.82, 2.24) is 5.32 Å². The van der Waals surface area contributed by atoms with E-state index in [0.29, 0.717) is 23.2 Å². The van der Waals surface area contributed by atoms with Crippen LogP contribution in [0.3, 0.4) is 0 Å². The van der Waals surface area contributed by atoms with Gasteiger partial charge in [0.25, 0.3) is 0 Å². The first kappa shape index (κ1) is 41.9. The molecule has 240 valence electrons. The zero-order chi connectivity index (χ0) is 30.3. The first-order valence-corrected chi connectivity index (χ1v) is 19.6. The van der Waals surface area contributed by atoms with Crippen molar-refractivity contribution >= 4 is 0 Å². The van der Waals surface area contributed by atoms with E-state index in [1.807, 2.05) is 6.92 Å². The van der Waals surface area contributed by atoms with E-state index >= 15 is 0 Å². The Morgan fingerprint density at radius 2 is 1.66 bits per heavy atom. The van der Waals surface area contributed by atoms with E-state index in [1.165, 1.54) is 61.8 Å². The van der Waals surface area contributed by atoms with Gasteiger partial charge in [0.1, 0.15) is 0 Å². The van der Waals surface area contributed by atoms with Crippen molar-refractivity contribution < 1.29 is 66.9 Å². The fraction of sp³-hybridized carbons (Fsp3) is 0.829. The quantitative estimate of drug-likeness (QED) is 0.0453. The van der Waals surface area contributed by atoms with E-state index in [2.05, 4.69) is 72.6 Å². The van der Waals surface area contributed by atoms with Gasteiger partial charge in [-0.3, -0.25) is 0 Å². The van der Waals surface area contributed by atoms with Gasteiger partial charge in [0.2, 0.25) is 0 Å². The Balaban J connectivity index is 0.00000135. The molecule has 2 aliphatic rings. The van der Waals surface area contributed by atoms with Crippen LogP contribution in [-0.4, -0.2) is 39.7 Å². The van der Waals surface area contributed by atoms with Crippen LogP contribution in [0.4, 0.5) is 0 Å². The smallest absolute Gasteiger partial charge is 0.0654 e. The Kier molecular flexibility index (Phi) is 23.0. The van der Waals surface area contributed by atoms with E-state index in [0.717, 1.165) is 43.1 Å². The van der Waals surface area contributed by atoms with Gasteiger partial charge >= 0.3 is 221 Å². The van der Waals surface area contributed by atoms with Crippen LogP contribution in [0.5, 0.6) is 0 Å². The molecule has 0 aromatic rings. The summed E-state index contributed by atoms with van der Waals surface area (Å²) in [6, 6.07) is 0. The van der Waals surface area contributed by atoms with Gasteiger partial charge in [-0.05, 0) is 12.3 Å². The van der Waals surface area contributed by atoms with Gasteiger partial charge in [0, 0.05) is 0 Å². The molecular weight excluding hydrogens is 847 g/mol. The van der Waals surface area contributed by atoms with Crippen LogP contribution < -0.4 is 26.5 Å². The molecule has 0 saturated heterocycles. The predicted molar refractivity (Wildman–Crippen MR) is 168 cm³/mol. The molecule has 2 aliphatic carbocycles. The first-order valence-electron chi connectivity index (χ1n) is 16.2. The molecule has 0 radical (unpaired) electrons. The molecule has 1 fully saturated rings. The molecule has 0 heterocycles. The molecule has 1 saturated carbocycles. The molecule has 0 aliphatic heterocycles. The number of aliphatic hydroxyl groups is 1. The maximum absolute atomic E-state index is 11.2. The summed E-state index contributed by atoms with van der Waals surface area (Å²) in [6.45, 7) is 26.6. The molecule has 0 aromatic carbocycles. The second-order valence-corrected chi connectivity index (χ2v) is 16.1. The molecule has 5 atom stereocenters. The number of hydrogen-bond donors (Lipinski definition) is 2. The Bertz CT molecular complexity index is 767. The van der Waals surface area contributed by atoms with E-state index in [-0.39, 0.29) is 63.8 Å². The summed E-state index contributed by atoms with van der Waals surface area (Å²) in [6.07, 6.45) is 12.2. The molecule has 0 spiro atoms. The minimum atomic E-state index is -0.946. The molecule has 4 unspecified atom stereocenters. The van der Waals surface area contributed by atoms with Gasteiger partial charge in [0.05, 0.1) is 0 Å². The monoisotopic (exact) mass is 912 g/mol. The van der Waals surface area contributed by atoms with E-state index < -0.39 is 6.29 Å². The molecule has 0 amide bonds. The van der Waals surface area contributed by atoms with Crippen molar-refractivity contribution in [2.24, 2.45) is 23.2 Å². The van der Waals surface area contributed by atoms with Gasteiger partial charge < -0.3 is 6.92 Å². The number of alkyl halides is 2. The number of hydrogen-bond acceptors (Lipinski definition) is 4. The molecule has 2 rings (SSSR count). The van der Waals surface area contributed by atoms with Crippen molar-refractivity contribution in [2.45, 2.75) is 142 Å². The molecular formula is C35H65INO3U-. The molecule has 2 N–H and O–H groups in total. The molecule has 6 heteroatoms. The van der Waals surface area contributed by atoms with Crippen molar-refractivity contribution in [1.29, 1.82) is 0 Å². The average molecular weight is 913 g/mol. The molecule has 41 heavy (non-hydrogen) atoms. The van der Waals surface area contributed by atoms with Crippen LogP contribution in [-0.2, 0) is 9.47 Å². The van der Waals surface area contributed by atoms with Crippen molar-refractivity contribution in [3.8, 4) is 0 Å². The summed E-state index contributed by atoms with van der Waals surface area (Å²) in [4.78, 5) is 2.32. The fourth-order valence-corrected chi connectivity index (χ4v) is 6.62. The summed E-state index contributed by atoms with van der Waals surface area (Å²) < 4.78 is 12.4. The summed E-state index contributed by atoms with van der Waals surface area (Å²) in [5.41, 5.74) is 4.89. The molecule has 0 aromatic heterocycles. The number of rotatable bonds is 18. The third-order valence-electron chi connectivity index (χ3n) is 8.30. The van der Waals surface area contributed by atoms with Crippen LogP contribution in [0.2, 0.25) is 0 Å². The van der Waals surface area contributed by atoms with Crippen LogP contribution >= 0.6 is 0 Å². The summed E-state index contributed by atoms with van der Waals surface area (Å²) in [5.74, 6) is 2.44. The Labute approximate surface area is 290 Å². The topological polar surface area (TPSA) is 50.7 Å². The number of ether oxygens (including phenoxy) is 2. The third kappa shape index (κ3) is 15.7. The maximum atomic E-state index is 11.2. The fourth-order valence-electron chi connectivity index (χ4n) is 5.93.